The monoisotopic (exact) mass is 393 g/mol. The number of morpholine rings is 1. The minimum Gasteiger partial charge on any atom is -0.370 e. The first-order valence-corrected chi connectivity index (χ1v) is 9.31. The van der Waals surface area contributed by atoms with E-state index in [1.54, 1.807) is 0 Å². The van der Waals surface area contributed by atoms with Gasteiger partial charge in [0, 0.05) is 11.1 Å². The molecule has 0 aliphatic carbocycles. The molecule has 1 fully saturated rings. The van der Waals surface area contributed by atoms with Gasteiger partial charge in [0.1, 0.15) is 19.1 Å². The molecule has 2 aromatic rings. The minimum atomic E-state index is -4.42. The van der Waals surface area contributed by atoms with Crippen molar-refractivity contribution in [3.8, 4) is 0 Å². The molecular weight excluding hydrogens is 369 g/mol. The molecule has 1 aliphatic heterocycles. The van der Waals surface area contributed by atoms with Gasteiger partial charge >= 0.3 is 6.18 Å². The molecular formula is C21H24F3N2O2+. The van der Waals surface area contributed by atoms with Gasteiger partial charge in [0.25, 0.3) is 5.91 Å². The molecule has 1 heterocycles. The molecule has 0 aromatic heterocycles. The molecule has 1 aliphatic rings. The molecule has 0 spiro atoms. The van der Waals surface area contributed by atoms with Crippen LogP contribution in [0, 0.1) is 0 Å². The highest BCUT2D eigenvalue weighted by molar-refractivity contribution is 5.94. The Kier molecular flexibility index (Phi) is 6.36. The maximum absolute atomic E-state index is 12.7. The second kappa shape index (κ2) is 8.75. The Labute approximate surface area is 162 Å². The number of ether oxygens (including phenoxy) is 1. The zero-order valence-electron chi connectivity index (χ0n) is 15.6. The summed E-state index contributed by atoms with van der Waals surface area (Å²) in [6, 6.07) is 14.1. The van der Waals surface area contributed by atoms with E-state index < -0.39 is 11.7 Å². The van der Waals surface area contributed by atoms with E-state index in [9.17, 15) is 18.0 Å². The number of hydrogen-bond acceptors (Lipinski definition) is 2. The molecule has 2 atom stereocenters. The molecule has 150 valence electrons. The number of halogens is 3. The number of nitrogens with one attached hydrogen (secondary N) is 2. The first-order chi connectivity index (χ1) is 13.4. The first kappa shape index (κ1) is 20.4. The number of carbonyl (C=O) groups excluding carboxylic acids is 1. The van der Waals surface area contributed by atoms with Crippen LogP contribution < -0.4 is 10.2 Å². The Hall–Kier alpha value is -2.38. The Morgan fingerprint density at radius 1 is 1.04 bits per heavy atom. The smallest absolute Gasteiger partial charge is 0.370 e. The minimum absolute atomic E-state index is 0.0310. The summed E-state index contributed by atoms with van der Waals surface area (Å²) in [6.45, 7) is 4.93. The molecule has 1 saturated heterocycles. The summed E-state index contributed by atoms with van der Waals surface area (Å²) in [7, 11) is 0. The van der Waals surface area contributed by atoms with E-state index in [2.05, 4.69) is 5.32 Å². The molecule has 7 heteroatoms. The third-order valence-corrected chi connectivity index (χ3v) is 5.07. The van der Waals surface area contributed by atoms with Gasteiger partial charge in [-0.3, -0.25) is 4.79 Å². The average molecular weight is 393 g/mol. The Morgan fingerprint density at radius 3 is 2.21 bits per heavy atom. The SMILES string of the molecule is C[C@H](NC(=O)c1ccc(C(F)(F)F)cc1)[C@H](c1ccccc1)[NH+]1CCOCC1. The van der Waals surface area contributed by atoms with Gasteiger partial charge in [-0.2, -0.15) is 13.2 Å². The predicted octanol–water partition coefficient (Wildman–Crippen LogP) is 2.48. The lowest BCUT2D eigenvalue weighted by Crippen LogP contribution is -3.15. The van der Waals surface area contributed by atoms with Crippen molar-refractivity contribution in [3.05, 3.63) is 71.3 Å². The molecule has 28 heavy (non-hydrogen) atoms. The van der Waals surface area contributed by atoms with E-state index in [1.165, 1.54) is 17.0 Å². The Balaban J connectivity index is 1.75. The molecule has 4 nitrogen and oxygen atoms in total. The molecule has 2 aromatic carbocycles. The van der Waals surface area contributed by atoms with Gasteiger partial charge in [0.15, 0.2) is 0 Å². The van der Waals surface area contributed by atoms with Crippen LogP contribution in [-0.4, -0.2) is 38.3 Å². The van der Waals surface area contributed by atoms with Crippen molar-refractivity contribution in [1.82, 2.24) is 5.32 Å². The summed E-state index contributed by atoms with van der Waals surface area (Å²) in [4.78, 5) is 13.9. The summed E-state index contributed by atoms with van der Waals surface area (Å²) >= 11 is 0. The fourth-order valence-corrected chi connectivity index (χ4v) is 3.67. The number of benzene rings is 2. The lowest BCUT2D eigenvalue weighted by atomic mass is 9.97. The number of quaternary nitrogens is 1. The summed E-state index contributed by atoms with van der Waals surface area (Å²) < 4.78 is 43.6. The fraction of sp³-hybridized carbons (Fsp3) is 0.381. The zero-order chi connectivity index (χ0) is 20.1. The lowest BCUT2D eigenvalue weighted by molar-refractivity contribution is -0.940. The Bertz CT molecular complexity index is 772. The second-order valence-corrected chi connectivity index (χ2v) is 7.00. The maximum Gasteiger partial charge on any atom is 0.416 e. The number of carbonyl (C=O) groups is 1. The van der Waals surface area contributed by atoms with Crippen molar-refractivity contribution < 1.29 is 27.6 Å². The number of rotatable bonds is 5. The topological polar surface area (TPSA) is 42.8 Å². The Morgan fingerprint density at radius 2 is 1.64 bits per heavy atom. The van der Waals surface area contributed by atoms with Crippen LogP contribution in [0.3, 0.4) is 0 Å². The highest BCUT2D eigenvalue weighted by Crippen LogP contribution is 2.29. The number of amides is 1. The van der Waals surface area contributed by atoms with Crippen LogP contribution in [0.1, 0.15) is 34.5 Å². The second-order valence-electron chi connectivity index (χ2n) is 7.00. The zero-order valence-corrected chi connectivity index (χ0v) is 15.6. The van der Waals surface area contributed by atoms with Gasteiger partial charge < -0.3 is 15.0 Å². The van der Waals surface area contributed by atoms with Crippen LogP contribution in [0.25, 0.3) is 0 Å². The van der Waals surface area contributed by atoms with Crippen molar-refractivity contribution in [2.24, 2.45) is 0 Å². The lowest BCUT2D eigenvalue weighted by Gasteiger charge is -2.35. The van der Waals surface area contributed by atoms with Crippen molar-refractivity contribution >= 4 is 5.91 Å². The van der Waals surface area contributed by atoms with E-state index in [0.717, 1.165) is 30.8 Å². The van der Waals surface area contributed by atoms with Crippen LogP contribution >= 0.6 is 0 Å². The van der Waals surface area contributed by atoms with Gasteiger partial charge in [-0.05, 0) is 31.2 Å². The van der Waals surface area contributed by atoms with Crippen LogP contribution in [0.2, 0.25) is 0 Å². The van der Waals surface area contributed by atoms with E-state index in [1.807, 2.05) is 37.3 Å². The summed E-state index contributed by atoms with van der Waals surface area (Å²) in [6.07, 6.45) is -4.42. The molecule has 0 radical (unpaired) electrons. The van der Waals surface area contributed by atoms with Crippen LogP contribution in [0.5, 0.6) is 0 Å². The highest BCUT2D eigenvalue weighted by atomic mass is 19.4. The van der Waals surface area contributed by atoms with Crippen LogP contribution in [-0.2, 0) is 10.9 Å². The van der Waals surface area contributed by atoms with Crippen molar-refractivity contribution in [3.63, 3.8) is 0 Å². The van der Waals surface area contributed by atoms with Crippen LogP contribution in [0.4, 0.5) is 13.2 Å². The summed E-state index contributed by atoms with van der Waals surface area (Å²) in [5.41, 5.74) is 0.556. The number of hydrogen-bond donors (Lipinski definition) is 2. The molecule has 3 rings (SSSR count). The highest BCUT2D eigenvalue weighted by Gasteiger charge is 2.33. The summed E-state index contributed by atoms with van der Waals surface area (Å²) in [5, 5.41) is 2.97. The normalized spacial score (nSPS) is 17.7. The quantitative estimate of drug-likeness (QED) is 0.820. The maximum atomic E-state index is 12.7. The third kappa shape index (κ3) is 4.91. The predicted molar refractivity (Wildman–Crippen MR) is 99.1 cm³/mol. The van der Waals surface area contributed by atoms with Crippen LogP contribution in [0.15, 0.2) is 54.6 Å². The molecule has 0 unspecified atom stereocenters. The van der Waals surface area contributed by atoms with Crippen molar-refractivity contribution in [2.75, 3.05) is 26.3 Å². The molecule has 0 bridgehead atoms. The average Bonchev–Trinajstić information content (AvgIpc) is 2.69. The van der Waals surface area contributed by atoms with E-state index in [4.69, 9.17) is 4.74 Å². The van der Waals surface area contributed by atoms with Crippen molar-refractivity contribution in [1.29, 1.82) is 0 Å². The van der Waals surface area contributed by atoms with Gasteiger partial charge in [-0.15, -0.1) is 0 Å². The van der Waals surface area contributed by atoms with E-state index in [0.29, 0.717) is 13.2 Å². The van der Waals surface area contributed by atoms with Gasteiger partial charge in [0.05, 0.1) is 24.8 Å². The van der Waals surface area contributed by atoms with E-state index >= 15 is 0 Å². The van der Waals surface area contributed by atoms with Crippen molar-refractivity contribution in [2.45, 2.75) is 25.2 Å². The number of alkyl halides is 3. The van der Waals surface area contributed by atoms with Gasteiger partial charge in [-0.1, -0.05) is 30.3 Å². The van der Waals surface area contributed by atoms with Gasteiger partial charge in [0.2, 0.25) is 0 Å². The third-order valence-electron chi connectivity index (χ3n) is 5.07. The van der Waals surface area contributed by atoms with E-state index in [-0.39, 0.29) is 23.6 Å². The molecule has 0 saturated carbocycles. The summed E-state index contributed by atoms with van der Waals surface area (Å²) in [5.74, 6) is -0.380. The first-order valence-electron chi connectivity index (χ1n) is 9.31. The van der Waals surface area contributed by atoms with Gasteiger partial charge in [-0.25, -0.2) is 0 Å². The fourth-order valence-electron chi connectivity index (χ4n) is 3.67. The largest absolute Gasteiger partial charge is 0.416 e. The standard InChI is InChI=1S/C21H23F3N2O2/c1-15(25-20(27)17-7-9-18(10-8-17)21(22,23)24)19(16-5-3-2-4-6-16)26-11-13-28-14-12-26/h2-10,15,19H,11-14H2,1H3,(H,25,27)/p+1/t15-,19+/m0/s1. The molecule has 1 amide bonds. The molecule has 2 N–H and O–H groups in total.